The monoisotopic (exact) mass is 323 g/mol. The van der Waals surface area contributed by atoms with Gasteiger partial charge in [0.25, 0.3) is 0 Å². The van der Waals surface area contributed by atoms with Crippen LogP contribution in [0.2, 0.25) is 0 Å². The second-order valence-electron chi connectivity index (χ2n) is 5.59. The summed E-state index contributed by atoms with van der Waals surface area (Å²) in [6.07, 6.45) is 1.30. The third kappa shape index (κ3) is 2.00. The number of benzene rings is 1. The van der Waals surface area contributed by atoms with Gasteiger partial charge in [-0.2, -0.15) is 0 Å². The van der Waals surface area contributed by atoms with Crippen molar-refractivity contribution in [1.29, 1.82) is 0 Å². The summed E-state index contributed by atoms with van der Waals surface area (Å²) in [6, 6.07) is 8.16. The van der Waals surface area contributed by atoms with Gasteiger partial charge >= 0.3 is 0 Å². The molecule has 0 amide bonds. The minimum atomic E-state index is -0.336. The van der Waals surface area contributed by atoms with Crippen molar-refractivity contribution in [3.8, 4) is 0 Å². The number of H-pyrrole nitrogens is 1. The van der Waals surface area contributed by atoms with Crippen molar-refractivity contribution in [2.45, 2.75) is 25.6 Å². The standard InChI is InChI=1S/C14H13N9O/c1-2-5-9-8(4-1)11-14(16-13-12(15-11)19-24-20-13)23(9)7-3-6-10-17-21-22-18-10/h1-2,4-5,12,19H,3,6-7H2,(H,17,18,21,22). The molecule has 0 bridgehead atoms. The molecule has 0 aliphatic carbocycles. The van der Waals surface area contributed by atoms with Gasteiger partial charge in [0.15, 0.2) is 11.7 Å². The second-order valence-corrected chi connectivity index (χ2v) is 5.59. The molecule has 24 heavy (non-hydrogen) atoms. The topological polar surface area (TPSA) is 118 Å². The predicted octanol–water partition coefficient (Wildman–Crippen LogP) is -0.786. The molecule has 0 radical (unpaired) electrons. The van der Waals surface area contributed by atoms with E-state index in [2.05, 4.69) is 53.0 Å². The number of tetrazole rings is 1. The number of para-hydroxylation sites is 1. The molecule has 4 heterocycles. The van der Waals surface area contributed by atoms with E-state index < -0.39 is 0 Å². The third-order valence-electron chi connectivity index (χ3n) is 4.13. The lowest BCUT2D eigenvalue weighted by molar-refractivity contribution is 0.0608. The molecule has 0 saturated carbocycles. The summed E-state index contributed by atoms with van der Waals surface area (Å²) in [5.74, 6) is 1.32. The first-order valence-corrected chi connectivity index (χ1v) is 7.66. The summed E-state index contributed by atoms with van der Waals surface area (Å²) < 4.78 is 2.16. The van der Waals surface area contributed by atoms with Crippen LogP contribution in [0, 0.1) is 0 Å². The van der Waals surface area contributed by atoms with E-state index in [9.17, 15) is 0 Å². The molecule has 1 aromatic carbocycles. The number of nitrogens with zero attached hydrogens (tertiary/aromatic N) is 7. The van der Waals surface area contributed by atoms with Crippen molar-refractivity contribution >= 4 is 16.7 Å². The van der Waals surface area contributed by atoms with Gasteiger partial charge in [0, 0.05) is 18.4 Å². The highest BCUT2D eigenvalue weighted by atomic mass is 16.8. The van der Waals surface area contributed by atoms with Crippen molar-refractivity contribution in [2.24, 2.45) is 15.1 Å². The highest BCUT2D eigenvalue weighted by Gasteiger charge is 2.26. The number of rotatable bonds is 4. The summed E-state index contributed by atoms with van der Waals surface area (Å²) in [4.78, 5) is 14.2. The van der Waals surface area contributed by atoms with E-state index in [1.807, 2.05) is 12.1 Å². The zero-order valence-corrected chi connectivity index (χ0v) is 12.5. The average molecular weight is 323 g/mol. The van der Waals surface area contributed by atoms with E-state index >= 15 is 0 Å². The van der Waals surface area contributed by atoms with Gasteiger partial charge < -0.3 is 4.57 Å². The normalized spacial score (nSPS) is 18.3. The number of hydroxylamine groups is 1. The number of oxime groups is 1. The number of amidine groups is 1. The van der Waals surface area contributed by atoms with Crippen molar-refractivity contribution < 1.29 is 4.94 Å². The first-order valence-electron chi connectivity index (χ1n) is 7.66. The van der Waals surface area contributed by atoms with Crippen LogP contribution in [0.4, 0.5) is 0 Å². The van der Waals surface area contributed by atoms with Crippen LogP contribution in [0.1, 0.15) is 12.2 Å². The maximum Gasteiger partial charge on any atom is 0.215 e. The summed E-state index contributed by atoms with van der Waals surface area (Å²) in [6.45, 7) is 0.780. The fraction of sp³-hybridized carbons (Fsp3) is 0.286. The van der Waals surface area contributed by atoms with Crippen molar-refractivity contribution in [3.63, 3.8) is 0 Å². The molecule has 1 unspecified atom stereocenters. The number of aromatic amines is 1. The minimum Gasteiger partial charge on any atom is -0.324 e. The first kappa shape index (κ1) is 13.3. The van der Waals surface area contributed by atoms with Gasteiger partial charge in [-0.05, 0) is 28.1 Å². The maximum atomic E-state index is 4.89. The van der Waals surface area contributed by atoms with Gasteiger partial charge in [-0.15, -0.1) is 5.10 Å². The molecule has 1 atom stereocenters. The lowest BCUT2D eigenvalue weighted by Crippen LogP contribution is -2.41. The van der Waals surface area contributed by atoms with Gasteiger partial charge in [-0.3, -0.25) is 9.93 Å². The van der Waals surface area contributed by atoms with Crippen molar-refractivity contribution in [1.82, 2.24) is 30.7 Å². The maximum absolute atomic E-state index is 4.89. The van der Waals surface area contributed by atoms with Crippen molar-refractivity contribution in [2.75, 3.05) is 0 Å². The lowest BCUT2D eigenvalue weighted by Gasteiger charge is -2.07. The highest BCUT2D eigenvalue weighted by Crippen LogP contribution is 2.12. The fourth-order valence-corrected chi connectivity index (χ4v) is 3.06. The molecular weight excluding hydrogens is 310 g/mol. The number of nitrogens with one attached hydrogen (secondary N) is 2. The number of aromatic nitrogens is 5. The fourth-order valence-electron chi connectivity index (χ4n) is 3.06. The van der Waals surface area contributed by atoms with Crippen LogP contribution in [-0.2, 0) is 17.9 Å². The van der Waals surface area contributed by atoms with Crippen LogP contribution in [0.5, 0.6) is 0 Å². The molecule has 2 aromatic heterocycles. The molecule has 3 aromatic rings. The molecule has 10 nitrogen and oxygen atoms in total. The molecule has 2 aliphatic rings. The molecule has 10 heteroatoms. The second kappa shape index (κ2) is 5.20. The smallest absolute Gasteiger partial charge is 0.215 e. The Morgan fingerprint density at radius 1 is 1.25 bits per heavy atom. The molecule has 0 fully saturated rings. The molecular formula is C14H13N9O. The lowest BCUT2D eigenvalue weighted by atomic mass is 10.2. The van der Waals surface area contributed by atoms with E-state index in [1.54, 1.807) is 0 Å². The third-order valence-corrected chi connectivity index (χ3v) is 4.13. The van der Waals surface area contributed by atoms with Gasteiger partial charge in [-0.1, -0.05) is 23.7 Å². The number of fused-ring (bicyclic) bond motifs is 4. The molecule has 2 N–H and O–H groups in total. The van der Waals surface area contributed by atoms with E-state index in [0.29, 0.717) is 5.84 Å². The zero-order chi connectivity index (χ0) is 15.9. The summed E-state index contributed by atoms with van der Waals surface area (Å²) in [7, 11) is 0. The quantitative estimate of drug-likeness (QED) is 0.653. The number of hydrogen-bond donors (Lipinski definition) is 2. The Morgan fingerprint density at radius 3 is 3.12 bits per heavy atom. The number of aryl methyl sites for hydroxylation is 2. The Kier molecular flexibility index (Phi) is 2.88. The molecule has 2 aliphatic heterocycles. The van der Waals surface area contributed by atoms with Gasteiger partial charge in [0.2, 0.25) is 5.84 Å². The summed E-state index contributed by atoms with van der Waals surface area (Å²) >= 11 is 0. The Hall–Kier alpha value is -3.14. The predicted molar refractivity (Wildman–Crippen MR) is 82.2 cm³/mol. The SMILES string of the molecule is c1ccc2c(c1)c1c(n2CCCc2nnn[nH]2)=NC2=NONC2N=1. The molecule has 0 spiro atoms. The molecule has 5 rings (SSSR count). The Balaban J connectivity index is 1.59. The van der Waals surface area contributed by atoms with Crippen LogP contribution < -0.4 is 16.3 Å². The first-order chi connectivity index (χ1) is 11.9. The summed E-state index contributed by atoms with van der Waals surface area (Å²) in [5.41, 5.74) is 4.65. The van der Waals surface area contributed by atoms with Crippen LogP contribution in [-0.4, -0.2) is 37.2 Å². The summed E-state index contributed by atoms with van der Waals surface area (Å²) in [5, 5.41) is 19.7. The van der Waals surface area contributed by atoms with E-state index in [0.717, 1.165) is 47.0 Å². The Morgan fingerprint density at radius 2 is 2.21 bits per heavy atom. The number of hydrogen-bond acceptors (Lipinski definition) is 8. The van der Waals surface area contributed by atoms with Crippen LogP contribution in [0.15, 0.2) is 39.4 Å². The van der Waals surface area contributed by atoms with Crippen LogP contribution >= 0.6 is 0 Å². The highest BCUT2D eigenvalue weighted by molar-refractivity contribution is 5.90. The van der Waals surface area contributed by atoms with Crippen molar-refractivity contribution in [3.05, 3.63) is 40.9 Å². The minimum absolute atomic E-state index is 0.336. The molecule has 0 saturated heterocycles. The Bertz CT molecular complexity index is 1050. The average Bonchev–Trinajstić information content (AvgIpc) is 3.33. The van der Waals surface area contributed by atoms with Gasteiger partial charge in [0.1, 0.15) is 11.2 Å². The van der Waals surface area contributed by atoms with Crippen LogP contribution in [0.25, 0.3) is 10.9 Å². The van der Waals surface area contributed by atoms with E-state index in [4.69, 9.17) is 9.93 Å². The van der Waals surface area contributed by atoms with Gasteiger partial charge in [0.05, 0.1) is 5.52 Å². The van der Waals surface area contributed by atoms with Gasteiger partial charge in [-0.25, -0.2) is 10.1 Å². The van der Waals surface area contributed by atoms with E-state index in [1.165, 1.54) is 0 Å². The largest absolute Gasteiger partial charge is 0.324 e. The Labute approximate surface area is 134 Å². The molecule has 120 valence electrons. The van der Waals surface area contributed by atoms with Crippen LogP contribution in [0.3, 0.4) is 0 Å². The zero-order valence-electron chi connectivity index (χ0n) is 12.5. The van der Waals surface area contributed by atoms with E-state index in [-0.39, 0.29) is 6.17 Å².